The van der Waals surface area contributed by atoms with Gasteiger partial charge in [0.05, 0.1) is 5.69 Å². The minimum absolute atomic E-state index is 0.102. The highest BCUT2D eigenvalue weighted by Gasteiger charge is 2.30. The summed E-state index contributed by atoms with van der Waals surface area (Å²) in [5, 5.41) is 9.17. The van der Waals surface area contributed by atoms with Crippen LogP contribution in [0.15, 0.2) is 59.8 Å². The number of amides is 1. The number of rotatable bonds is 3. The first-order valence-corrected chi connectivity index (χ1v) is 9.59. The van der Waals surface area contributed by atoms with Crippen molar-refractivity contribution in [3.05, 3.63) is 60.2 Å². The molecule has 3 aromatic rings. The maximum Gasteiger partial charge on any atom is 0.247 e. The van der Waals surface area contributed by atoms with Crippen molar-refractivity contribution in [2.24, 2.45) is 0 Å². The van der Waals surface area contributed by atoms with E-state index in [4.69, 9.17) is 4.74 Å². The van der Waals surface area contributed by atoms with Gasteiger partial charge < -0.3 is 4.74 Å². The molecule has 0 aliphatic carbocycles. The number of carbonyl (C=O) groups excluding carboxylic acids is 1. The summed E-state index contributed by atoms with van der Waals surface area (Å²) in [6.45, 7) is 3.35. The van der Waals surface area contributed by atoms with Gasteiger partial charge in [0.25, 0.3) is 0 Å². The molecule has 2 aromatic carbocycles. The van der Waals surface area contributed by atoms with E-state index in [-0.39, 0.29) is 5.91 Å². The molecule has 7 heteroatoms. The zero-order chi connectivity index (χ0) is 18.8. The number of para-hydroxylation sites is 1. The van der Waals surface area contributed by atoms with Crippen molar-refractivity contribution < 1.29 is 9.53 Å². The molecule has 0 bridgehead atoms. The number of hydrogen-bond donors (Lipinski definition) is 0. The van der Waals surface area contributed by atoms with E-state index in [1.165, 1.54) is 24.2 Å². The molecule has 27 heavy (non-hydrogen) atoms. The molecule has 4 rings (SSSR count). The number of fused-ring (bicyclic) bond motifs is 3. The smallest absolute Gasteiger partial charge is 0.247 e. The monoisotopic (exact) mass is 378 g/mol. The van der Waals surface area contributed by atoms with Crippen molar-refractivity contribution in [3.8, 4) is 17.1 Å². The molecule has 1 aromatic heterocycles. The van der Waals surface area contributed by atoms with Crippen LogP contribution in [0.2, 0.25) is 0 Å². The number of aromatic nitrogens is 3. The van der Waals surface area contributed by atoms with Gasteiger partial charge >= 0.3 is 0 Å². The zero-order valence-electron chi connectivity index (χ0n) is 15.0. The summed E-state index contributed by atoms with van der Waals surface area (Å²) in [7, 11) is 0. The average molecular weight is 378 g/mol. The lowest BCUT2D eigenvalue weighted by Gasteiger charge is -2.26. The molecule has 136 valence electrons. The Hall–Kier alpha value is -2.93. The van der Waals surface area contributed by atoms with Gasteiger partial charge in [0.2, 0.25) is 16.9 Å². The fraction of sp³-hybridized carbons (Fsp3) is 0.200. The molecule has 0 saturated carbocycles. The standard InChI is InChI=1S/C20H18N4O2S/c1-13(25)24-14(2)26-19-18(16-10-6-7-11-17(16)24)22-23-20(21-19)27-12-15-8-4-3-5-9-15/h3-11,14H,12H2,1-2H3. The van der Waals surface area contributed by atoms with Gasteiger partial charge in [-0.1, -0.05) is 60.3 Å². The highest BCUT2D eigenvalue weighted by atomic mass is 32.2. The SMILES string of the molecule is CC(=O)N1c2ccccc2-c2nnc(SCc3ccccc3)nc2OC1C. The number of hydrogen-bond acceptors (Lipinski definition) is 6. The van der Waals surface area contributed by atoms with Crippen LogP contribution < -0.4 is 9.64 Å². The summed E-state index contributed by atoms with van der Waals surface area (Å²) in [6, 6.07) is 17.7. The minimum atomic E-state index is -0.492. The Morgan fingerprint density at radius 2 is 1.85 bits per heavy atom. The third-order valence-electron chi connectivity index (χ3n) is 4.25. The normalized spacial score (nSPS) is 15.3. The lowest BCUT2D eigenvalue weighted by molar-refractivity contribution is -0.118. The Balaban J connectivity index is 1.69. The van der Waals surface area contributed by atoms with Gasteiger partial charge in [-0.2, -0.15) is 4.98 Å². The van der Waals surface area contributed by atoms with E-state index < -0.39 is 6.23 Å². The second kappa shape index (κ2) is 7.36. The van der Waals surface area contributed by atoms with E-state index in [9.17, 15) is 4.79 Å². The van der Waals surface area contributed by atoms with Gasteiger partial charge in [0.1, 0.15) is 0 Å². The molecule has 1 atom stereocenters. The number of ether oxygens (including phenoxy) is 1. The Bertz CT molecular complexity index is 981. The quantitative estimate of drug-likeness (QED) is 0.644. The summed E-state index contributed by atoms with van der Waals surface area (Å²) in [5.74, 6) is 1.03. The second-order valence-corrected chi connectivity index (χ2v) is 7.09. The first-order chi connectivity index (χ1) is 13.1. The fourth-order valence-electron chi connectivity index (χ4n) is 3.05. The lowest BCUT2D eigenvalue weighted by atomic mass is 10.1. The van der Waals surface area contributed by atoms with Crippen LogP contribution in [0, 0.1) is 0 Å². The molecule has 0 radical (unpaired) electrons. The van der Waals surface area contributed by atoms with Crippen LogP contribution in [-0.4, -0.2) is 27.3 Å². The van der Waals surface area contributed by atoms with Gasteiger partial charge in [0.15, 0.2) is 11.9 Å². The molecule has 1 aliphatic rings. The first kappa shape index (κ1) is 17.5. The van der Waals surface area contributed by atoms with Crippen molar-refractivity contribution in [2.45, 2.75) is 31.0 Å². The zero-order valence-corrected chi connectivity index (χ0v) is 15.8. The molecule has 0 N–H and O–H groups in total. The van der Waals surface area contributed by atoms with Crippen LogP contribution in [0.5, 0.6) is 5.88 Å². The molecule has 0 fully saturated rings. The molecular weight excluding hydrogens is 360 g/mol. The number of thioether (sulfide) groups is 1. The minimum Gasteiger partial charge on any atom is -0.452 e. The van der Waals surface area contributed by atoms with Gasteiger partial charge in [0, 0.05) is 18.2 Å². The predicted octanol–water partition coefficient (Wildman–Crippen LogP) is 3.92. The van der Waals surface area contributed by atoms with Crippen molar-refractivity contribution in [3.63, 3.8) is 0 Å². The van der Waals surface area contributed by atoms with Crippen molar-refractivity contribution >= 4 is 23.4 Å². The van der Waals surface area contributed by atoms with Crippen LogP contribution >= 0.6 is 11.8 Å². The summed E-state index contributed by atoms with van der Waals surface area (Å²) >= 11 is 1.50. The van der Waals surface area contributed by atoms with Gasteiger partial charge in [-0.25, -0.2) is 0 Å². The molecule has 0 spiro atoms. The van der Waals surface area contributed by atoms with Gasteiger partial charge in [-0.05, 0) is 18.6 Å². The number of benzene rings is 2. The summed E-state index contributed by atoms with van der Waals surface area (Å²) in [6.07, 6.45) is -0.492. The Morgan fingerprint density at radius 1 is 1.11 bits per heavy atom. The van der Waals surface area contributed by atoms with Crippen LogP contribution in [-0.2, 0) is 10.5 Å². The van der Waals surface area contributed by atoms with E-state index in [0.717, 1.165) is 17.0 Å². The van der Waals surface area contributed by atoms with Gasteiger partial charge in [-0.3, -0.25) is 9.69 Å². The summed E-state index contributed by atoms with van der Waals surface area (Å²) in [4.78, 5) is 18.4. The maximum absolute atomic E-state index is 12.2. The van der Waals surface area contributed by atoms with Crippen molar-refractivity contribution in [2.75, 3.05) is 4.90 Å². The van der Waals surface area contributed by atoms with Crippen molar-refractivity contribution in [1.82, 2.24) is 15.2 Å². The highest BCUT2D eigenvalue weighted by molar-refractivity contribution is 7.98. The molecule has 1 unspecified atom stereocenters. The van der Waals surface area contributed by atoms with E-state index in [1.807, 2.05) is 49.4 Å². The largest absolute Gasteiger partial charge is 0.452 e. The van der Waals surface area contributed by atoms with Crippen LogP contribution in [0.3, 0.4) is 0 Å². The van der Waals surface area contributed by atoms with Crippen LogP contribution in [0.4, 0.5) is 5.69 Å². The van der Waals surface area contributed by atoms with Gasteiger partial charge in [-0.15, -0.1) is 10.2 Å². The lowest BCUT2D eigenvalue weighted by Crippen LogP contribution is -2.40. The predicted molar refractivity (Wildman–Crippen MR) is 105 cm³/mol. The van der Waals surface area contributed by atoms with E-state index >= 15 is 0 Å². The molecule has 2 heterocycles. The molecule has 1 aliphatic heterocycles. The Kier molecular flexibility index (Phi) is 4.77. The Morgan fingerprint density at radius 3 is 2.63 bits per heavy atom. The second-order valence-electron chi connectivity index (χ2n) is 6.15. The number of carbonyl (C=O) groups is 1. The maximum atomic E-state index is 12.2. The van der Waals surface area contributed by atoms with Crippen molar-refractivity contribution in [1.29, 1.82) is 0 Å². The highest BCUT2D eigenvalue weighted by Crippen LogP contribution is 2.39. The van der Waals surface area contributed by atoms with E-state index in [1.54, 1.807) is 4.90 Å². The van der Waals surface area contributed by atoms with Crippen LogP contribution in [0.1, 0.15) is 19.4 Å². The first-order valence-electron chi connectivity index (χ1n) is 8.61. The van der Waals surface area contributed by atoms with E-state index in [2.05, 4.69) is 27.3 Å². The fourth-order valence-corrected chi connectivity index (χ4v) is 3.79. The summed E-state index contributed by atoms with van der Waals surface area (Å²) in [5.41, 5.74) is 3.26. The number of nitrogens with zero attached hydrogens (tertiary/aromatic N) is 4. The van der Waals surface area contributed by atoms with Crippen LogP contribution in [0.25, 0.3) is 11.3 Å². The average Bonchev–Trinajstić information content (AvgIpc) is 2.80. The molecular formula is C20H18N4O2S. The third-order valence-corrected chi connectivity index (χ3v) is 5.16. The molecule has 1 amide bonds. The topological polar surface area (TPSA) is 68.2 Å². The number of anilines is 1. The summed E-state index contributed by atoms with van der Waals surface area (Å²) < 4.78 is 5.98. The Labute approximate surface area is 161 Å². The van der Waals surface area contributed by atoms with E-state index in [0.29, 0.717) is 16.7 Å². The molecule has 0 saturated heterocycles. The third kappa shape index (κ3) is 3.50. The molecule has 6 nitrogen and oxygen atoms in total.